The third-order valence-electron chi connectivity index (χ3n) is 3.29. The highest BCUT2D eigenvalue weighted by atomic mass is 127. The molecule has 0 atom stereocenters. The average molecular weight is 488 g/mol. The molecule has 0 radical (unpaired) electrons. The third kappa shape index (κ3) is 4.88. The first-order valence-corrected chi connectivity index (χ1v) is 10.1. The van der Waals surface area contributed by atoms with E-state index in [2.05, 4.69) is 0 Å². The van der Waals surface area contributed by atoms with Gasteiger partial charge in [0.2, 0.25) is 0 Å². The second-order valence-electron chi connectivity index (χ2n) is 5.29. The molecule has 0 fully saturated rings. The molecule has 9 heteroatoms. The molecule has 1 heterocycles. The lowest BCUT2D eigenvalue weighted by molar-refractivity contribution is -0.133. The number of aromatic carboxylic acids is 1. The van der Waals surface area contributed by atoms with Crippen molar-refractivity contribution in [2.75, 3.05) is 6.26 Å². The lowest BCUT2D eigenvalue weighted by Gasteiger charge is -2.14. The Kier molecular flexibility index (Phi) is 6.13. The lowest BCUT2D eigenvalue weighted by atomic mass is 10.0. The van der Waals surface area contributed by atoms with Gasteiger partial charge in [-0.2, -0.15) is 0 Å². The molecule has 1 N–H and O–H groups in total. The molecule has 0 spiro atoms. The number of halogens is 1. The first kappa shape index (κ1) is 20.0. The Morgan fingerprint density at radius 3 is 2.35 bits per heavy atom. The van der Waals surface area contributed by atoms with E-state index in [9.17, 15) is 22.8 Å². The van der Waals surface area contributed by atoms with Crippen molar-refractivity contribution in [1.82, 2.24) is 0 Å². The number of ketones is 1. The van der Waals surface area contributed by atoms with Gasteiger partial charge in [-0.05, 0) is 52.9 Å². The number of hydrogen-bond acceptors (Lipinski definition) is 6. The van der Waals surface area contributed by atoms with Crippen LogP contribution in [0.2, 0.25) is 0 Å². The molecule has 0 aromatic heterocycles. The monoisotopic (exact) mass is 488 g/mol. The fourth-order valence-corrected chi connectivity index (χ4v) is 4.44. The molecule has 0 amide bonds. The second-order valence-corrected chi connectivity index (χ2v) is 8.44. The Bertz CT molecular complexity index is 996. The van der Waals surface area contributed by atoms with Gasteiger partial charge in [0, 0.05) is 9.83 Å². The predicted molar refractivity (Wildman–Crippen MR) is 100 cm³/mol. The Morgan fingerprint density at radius 2 is 1.81 bits per heavy atom. The number of carbonyl (C=O) groups is 3. The van der Waals surface area contributed by atoms with Crippen LogP contribution in [0.25, 0.3) is 0 Å². The minimum absolute atomic E-state index is 0.0000454. The van der Waals surface area contributed by atoms with Crippen LogP contribution in [0.5, 0.6) is 5.75 Å². The van der Waals surface area contributed by atoms with Crippen LogP contribution >= 0.6 is 22.6 Å². The molecule has 136 valence electrons. The molecular formula is C17H13IO7S. The van der Waals surface area contributed by atoms with Crippen molar-refractivity contribution in [2.24, 2.45) is 0 Å². The SMILES string of the molecule is CS(=O)(=O)c1ccccc1I.O=C1CC(=O)c2cc(C(=O)O)ccc2O1. The summed E-state index contributed by atoms with van der Waals surface area (Å²) in [5.41, 5.74) is 0.148. The zero-order chi connectivity index (χ0) is 19.5. The molecule has 2 aromatic carbocycles. The molecule has 1 aliphatic heterocycles. The first-order chi connectivity index (χ1) is 12.1. The molecule has 2 aromatic rings. The normalized spacial score (nSPS) is 13.2. The van der Waals surface area contributed by atoms with Crippen LogP contribution in [0.3, 0.4) is 0 Å². The highest BCUT2D eigenvalue weighted by Gasteiger charge is 2.25. The molecule has 7 nitrogen and oxygen atoms in total. The quantitative estimate of drug-likeness (QED) is 0.299. The molecule has 0 bridgehead atoms. The van der Waals surface area contributed by atoms with Crippen molar-refractivity contribution < 1.29 is 32.6 Å². The number of esters is 1. The van der Waals surface area contributed by atoms with Crippen molar-refractivity contribution in [3.63, 3.8) is 0 Å². The van der Waals surface area contributed by atoms with Crippen LogP contribution in [-0.2, 0) is 14.6 Å². The zero-order valence-electron chi connectivity index (χ0n) is 13.4. The Labute approximate surface area is 163 Å². The van der Waals surface area contributed by atoms with Crippen molar-refractivity contribution >= 4 is 50.1 Å². The summed E-state index contributed by atoms with van der Waals surface area (Å²) in [5, 5.41) is 8.71. The van der Waals surface area contributed by atoms with Gasteiger partial charge in [0.05, 0.1) is 16.0 Å². The Morgan fingerprint density at radius 1 is 1.15 bits per heavy atom. The predicted octanol–water partition coefficient (Wildman–Crippen LogP) is 2.57. The molecule has 1 aliphatic rings. The number of rotatable bonds is 2. The summed E-state index contributed by atoms with van der Waals surface area (Å²) in [6.45, 7) is 0. The fourth-order valence-electron chi connectivity index (χ4n) is 2.10. The van der Waals surface area contributed by atoms with Crippen molar-refractivity contribution in [3.05, 3.63) is 57.2 Å². The molecule has 0 saturated heterocycles. The van der Waals surface area contributed by atoms with Gasteiger partial charge in [-0.3, -0.25) is 9.59 Å². The summed E-state index contributed by atoms with van der Waals surface area (Å²) in [4.78, 5) is 33.3. The summed E-state index contributed by atoms with van der Waals surface area (Å²) in [5.74, 6) is -2.02. The molecular weight excluding hydrogens is 475 g/mol. The second kappa shape index (κ2) is 7.96. The number of fused-ring (bicyclic) bond motifs is 1. The van der Waals surface area contributed by atoms with Gasteiger partial charge in [0.1, 0.15) is 12.2 Å². The minimum atomic E-state index is -3.04. The number of Topliss-reactive ketones (excluding diaryl/α,β-unsaturated/α-hetero) is 1. The summed E-state index contributed by atoms with van der Waals surface area (Å²) in [6, 6.07) is 10.7. The van der Waals surface area contributed by atoms with E-state index >= 15 is 0 Å². The Hall–Kier alpha value is -2.27. The maximum absolute atomic E-state index is 11.4. The molecule has 0 aliphatic carbocycles. The van der Waals surface area contributed by atoms with E-state index in [1.54, 1.807) is 18.2 Å². The van der Waals surface area contributed by atoms with Gasteiger partial charge in [-0.1, -0.05) is 12.1 Å². The van der Waals surface area contributed by atoms with Crippen molar-refractivity contribution in [2.45, 2.75) is 11.3 Å². The van der Waals surface area contributed by atoms with E-state index in [4.69, 9.17) is 9.84 Å². The first-order valence-electron chi connectivity index (χ1n) is 7.15. The van der Waals surface area contributed by atoms with Crippen molar-refractivity contribution in [3.8, 4) is 5.75 Å². The van der Waals surface area contributed by atoms with Gasteiger partial charge in [0.25, 0.3) is 0 Å². The lowest BCUT2D eigenvalue weighted by Crippen LogP contribution is -2.21. The number of carbonyl (C=O) groups excluding carboxylic acids is 2. The standard InChI is InChI=1S/C10H6O5.C7H7IO2S/c11-7-4-9(12)15-8-2-1-5(10(13)14)3-6(7)8;1-11(9,10)7-5-3-2-4-6(7)8/h1-3H,4H2,(H,13,14);2-5H,1H3. The van der Waals surface area contributed by atoms with Crippen LogP contribution in [0.1, 0.15) is 27.1 Å². The van der Waals surface area contributed by atoms with E-state index in [0.717, 1.165) is 3.57 Å². The number of carboxylic acids is 1. The third-order valence-corrected chi connectivity index (χ3v) is 5.75. The molecule has 3 rings (SSSR count). The van der Waals surface area contributed by atoms with Gasteiger partial charge in [-0.15, -0.1) is 0 Å². The zero-order valence-corrected chi connectivity index (χ0v) is 16.4. The maximum Gasteiger partial charge on any atom is 0.335 e. The van der Waals surface area contributed by atoms with Gasteiger partial charge < -0.3 is 9.84 Å². The summed E-state index contributed by atoms with van der Waals surface area (Å²) >= 11 is 2.01. The number of ether oxygens (including phenoxy) is 1. The van der Waals surface area contributed by atoms with E-state index in [1.807, 2.05) is 28.7 Å². The van der Waals surface area contributed by atoms with Gasteiger partial charge in [-0.25, -0.2) is 13.2 Å². The summed E-state index contributed by atoms with van der Waals surface area (Å²) in [7, 11) is -3.04. The van der Waals surface area contributed by atoms with Gasteiger partial charge >= 0.3 is 11.9 Å². The molecule has 0 saturated carbocycles. The molecule has 0 unspecified atom stereocenters. The molecule has 26 heavy (non-hydrogen) atoms. The fraction of sp³-hybridized carbons (Fsp3) is 0.118. The van der Waals surface area contributed by atoms with Crippen LogP contribution in [0, 0.1) is 3.57 Å². The van der Waals surface area contributed by atoms with E-state index in [0.29, 0.717) is 4.90 Å². The highest BCUT2D eigenvalue weighted by Crippen LogP contribution is 2.26. The van der Waals surface area contributed by atoms with Crippen molar-refractivity contribution in [1.29, 1.82) is 0 Å². The van der Waals surface area contributed by atoms with Crippen LogP contribution in [-0.4, -0.2) is 37.5 Å². The minimum Gasteiger partial charge on any atom is -0.478 e. The van der Waals surface area contributed by atoms with Crippen LogP contribution in [0.4, 0.5) is 0 Å². The van der Waals surface area contributed by atoms with E-state index < -0.39 is 27.6 Å². The Balaban J connectivity index is 0.000000197. The average Bonchev–Trinajstić information content (AvgIpc) is 2.54. The van der Waals surface area contributed by atoms with Gasteiger partial charge in [0.15, 0.2) is 15.6 Å². The number of hydrogen-bond donors (Lipinski definition) is 1. The van der Waals surface area contributed by atoms with E-state index in [-0.39, 0.29) is 23.3 Å². The van der Waals surface area contributed by atoms with Crippen LogP contribution in [0.15, 0.2) is 47.4 Å². The number of carboxylic acid groups (broad SMARTS) is 1. The summed E-state index contributed by atoms with van der Waals surface area (Å²) in [6.07, 6.45) is 0.876. The topological polar surface area (TPSA) is 115 Å². The largest absolute Gasteiger partial charge is 0.478 e. The highest BCUT2D eigenvalue weighted by molar-refractivity contribution is 14.1. The van der Waals surface area contributed by atoms with E-state index in [1.165, 1.54) is 24.5 Å². The summed E-state index contributed by atoms with van der Waals surface area (Å²) < 4.78 is 27.7. The maximum atomic E-state index is 11.4. The van der Waals surface area contributed by atoms with Crippen LogP contribution < -0.4 is 4.74 Å². The number of benzene rings is 2. The number of sulfone groups is 1. The smallest absolute Gasteiger partial charge is 0.335 e.